The Hall–Kier alpha value is -1.46. The minimum absolute atomic E-state index is 0.257. The fourth-order valence-corrected chi connectivity index (χ4v) is 7.08. The van der Waals surface area contributed by atoms with E-state index in [1.165, 1.54) is 5.56 Å². The van der Waals surface area contributed by atoms with E-state index in [1.54, 1.807) is 6.07 Å². The second-order valence-electron chi connectivity index (χ2n) is 10.1. The summed E-state index contributed by atoms with van der Waals surface area (Å²) in [7, 11) is 2.18. The second kappa shape index (κ2) is 7.27. The van der Waals surface area contributed by atoms with Gasteiger partial charge in [-0.05, 0) is 56.8 Å². The van der Waals surface area contributed by atoms with Crippen molar-refractivity contribution in [2.75, 3.05) is 20.2 Å². The van der Waals surface area contributed by atoms with Crippen molar-refractivity contribution in [1.29, 1.82) is 0 Å². The summed E-state index contributed by atoms with van der Waals surface area (Å²) >= 11 is 0. The highest BCUT2D eigenvalue weighted by Crippen LogP contribution is 2.63. The summed E-state index contributed by atoms with van der Waals surface area (Å²) < 4.78 is 18.0. The molecule has 2 saturated heterocycles. The van der Waals surface area contributed by atoms with E-state index < -0.39 is 43.4 Å². The molecule has 5 N–H and O–H groups in total. The SMILES string of the molecule is CN1CC[C@]23c4c5ccc(O[C@@H]6O[C@H](CO)[C@@H](O)[C@H](O)[C@H]6O)c4O[C@H]2[C@@H](O)CC[C@H]3[C@H]1C5. The Bertz CT molecular complexity index is 910. The summed E-state index contributed by atoms with van der Waals surface area (Å²) in [5, 5.41) is 51.0. The number of benzene rings is 1. The molecule has 1 aromatic carbocycles. The number of aliphatic hydroxyl groups is 5. The highest BCUT2D eigenvalue weighted by molar-refractivity contribution is 5.61. The zero-order valence-corrected chi connectivity index (χ0v) is 18.0. The van der Waals surface area contributed by atoms with Crippen LogP contribution in [0.25, 0.3) is 0 Å². The normalized spacial score (nSPS) is 47.0. The van der Waals surface area contributed by atoms with Crippen LogP contribution in [0.1, 0.15) is 30.4 Å². The maximum absolute atomic E-state index is 10.9. The zero-order valence-electron chi connectivity index (χ0n) is 18.0. The Morgan fingerprint density at radius 3 is 2.72 bits per heavy atom. The van der Waals surface area contributed by atoms with Gasteiger partial charge >= 0.3 is 0 Å². The summed E-state index contributed by atoms with van der Waals surface area (Å²) in [4.78, 5) is 2.43. The number of hydrogen-bond acceptors (Lipinski definition) is 9. The molecule has 1 aromatic rings. The van der Waals surface area contributed by atoms with Gasteiger partial charge in [0.25, 0.3) is 0 Å². The molecule has 9 heteroatoms. The van der Waals surface area contributed by atoms with E-state index in [4.69, 9.17) is 14.2 Å². The van der Waals surface area contributed by atoms with Gasteiger partial charge in [-0.25, -0.2) is 0 Å². The minimum Gasteiger partial charge on any atom is -0.483 e. The Labute approximate surface area is 186 Å². The van der Waals surface area contributed by atoms with Gasteiger partial charge in [-0.15, -0.1) is 0 Å². The lowest BCUT2D eigenvalue weighted by Gasteiger charge is -2.58. The van der Waals surface area contributed by atoms with Gasteiger partial charge in [0.05, 0.1) is 12.7 Å². The molecule has 1 saturated carbocycles. The first-order chi connectivity index (χ1) is 15.4. The van der Waals surface area contributed by atoms with Crippen molar-refractivity contribution in [3.8, 4) is 11.5 Å². The van der Waals surface area contributed by atoms with Crippen molar-refractivity contribution in [2.24, 2.45) is 5.92 Å². The molecule has 2 aliphatic carbocycles. The van der Waals surface area contributed by atoms with Crippen molar-refractivity contribution in [2.45, 2.75) is 80.1 Å². The third kappa shape index (κ3) is 2.64. The van der Waals surface area contributed by atoms with E-state index in [2.05, 4.69) is 11.9 Å². The molecule has 5 aliphatic rings. The monoisotopic (exact) mass is 449 g/mol. The minimum atomic E-state index is -1.51. The van der Waals surface area contributed by atoms with Crippen LogP contribution < -0.4 is 9.47 Å². The first kappa shape index (κ1) is 21.1. The topological polar surface area (TPSA) is 132 Å². The molecule has 0 amide bonds. The van der Waals surface area contributed by atoms with Crippen molar-refractivity contribution >= 4 is 0 Å². The smallest absolute Gasteiger partial charge is 0.229 e. The van der Waals surface area contributed by atoms with E-state index >= 15 is 0 Å². The van der Waals surface area contributed by atoms with Gasteiger partial charge in [0, 0.05) is 17.0 Å². The molecule has 3 fully saturated rings. The van der Waals surface area contributed by atoms with Gasteiger partial charge in [-0.3, -0.25) is 0 Å². The Morgan fingerprint density at radius 1 is 1.12 bits per heavy atom. The Kier molecular flexibility index (Phi) is 4.79. The van der Waals surface area contributed by atoms with Crippen LogP contribution in [0.15, 0.2) is 12.1 Å². The summed E-state index contributed by atoms with van der Waals surface area (Å²) in [6, 6.07) is 4.22. The molecular weight excluding hydrogens is 418 g/mol. The van der Waals surface area contributed by atoms with Crippen LogP contribution >= 0.6 is 0 Å². The van der Waals surface area contributed by atoms with E-state index in [-0.39, 0.29) is 11.5 Å². The number of nitrogens with zero attached hydrogens (tertiary/aromatic N) is 1. The Morgan fingerprint density at radius 2 is 1.94 bits per heavy atom. The first-order valence-electron chi connectivity index (χ1n) is 11.5. The molecule has 3 heterocycles. The van der Waals surface area contributed by atoms with Crippen LogP contribution in [0.5, 0.6) is 11.5 Å². The van der Waals surface area contributed by atoms with Crippen molar-refractivity contribution in [1.82, 2.24) is 4.90 Å². The summed E-state index contributed by atoms with van der Waals surface area (Å²) in [5.41, 5.74) is 2.05. The zero-order chi connectivity index (χ0) is 22.4. The van der Waals surface area contributed by atoms with E-state index in [1.807, 2.05) is 6.07 Å². The number of ether oxygens (including phenoxy) is 3. The van der Waals surface area contributed by atoms with Gasteiger partial charge in [0.1, 0.15) is 30.5 Å². The quantitative estimate of drug-likeness (QED) is 0.390. The van der Waals surface area contributed by atoms with Gasteiger partial charge in [-0.2, -0.15) is 0 Å². The van der Waals surface area contributed by atoms with Crippen LogP contribution in [-0.4, -0.2) is 99.6 Å². The van der Waals surface area contributed by atoms with Crippen LogP contribution in [0, 0.1) is 5.92 Å². The third-order valence-electron chi connectivity index (χ3n) is 8.64. The number of likely N-dealkylation sites (tertiary alicyclic amines) is 1. The molecule has 2 bridgehead atoms. The van der Waals surface area contributed by atoms with Crippen LogP contribution in [-0.2, 0) is 16.6 Å². The molecular formula is C23H31NO8. The number of aliphatic hydroxyl groups excluding tert-OH is 5. The second-order valence-corrected chi connectivity index (χ2v) is 10.1. The summed E-state index contributed by atoms with van der Waals surface area (Å²) in [6.07, 6.45) is -4.22. The molecule has 32 heavy (non-hydrogen) atoms. The molecule has 9 nitrogen and oxygen atoms in total. The molecule has 0 unspecified atom stereocenters. The van der Waals surface area contributed by atoms with Crippen molar-refractivity contribution in [3.05, 3.63) is 23.3 Å². The fourth-order valence-electron chi connectivity index (χ4n) is 7.08. The molecule has 3 aliphatic heterocycles. The van der Waals surface area contributed by atoms with E-state index in [9.17, 15) is 25.5 Å². The van der Waals surface area contributed by atoms with Gasteiger partial charge < -0.3 is 44.6 Å². The van der Waals surface area contributed by atoms with Crippen molar-refractivity contribution < 1.29 is 39.7 Å². The van der Waals surface area contributed by atoms with Crippen LogP contribution in [0.4, 0.5) is 0 Å². The van der Waals surface area contributed by atoms with Gasteiger partial charge in [0.15, 0.2) is 11.5 Å². The fraction of sp³-hybridized carbons (Fsp3) is 0.739. The summed E-state index contributed by atoms with van der Waals surface area (Å²) in [5.74, 6) is 1.35. The number of piperidine rings is 1. The molecule has 0 aromatic heterocycles. The Balaban J connectivity index is 1.40. The number of hydrogen-bond donors (Lipinski definition) is 5. The van der Waals surface area contributed by atoms with Gasteiger partial charge in [-0.1, -0.05) is 6.07 Å². The average Bonchev–Trinajstić information content (AvgIpc) is 3.14. The van der Waals surface area contributed by atoms with Gasteiger partial charge in [0.2, 0.25) is 6.29 Å². The molecule has 176 valence electrons. The van der Waals surface area contributed by atoms with E-state index in [0.29, 0.717) is 29.9 Å². The maximum Gasteiger partial charge on any atom is 0.229 e. The van der Waals surface area contributed by atoms with E-state index in [0.717, 1.165) is 31.4 Å². The third-order valence-corrected chi connectivity index (χ3v) is 8.64. The van der Waals surface area contributed by atoms with Crippen LogP contribution in [0.2, 0.25) is 0 Å². The molecule has 6 rings (SSSR count). The largest absolute Gasteiger partial charge is 0.483 e. The predicted molar refractivity (Wildman–Crippen MR) is 110 cm³/mol. The lowest BCUT2D eigenvalue weighted by molar-refractivity contribution is -0.277. The molecule has 1 spiro atoms. The lowest BCUT2D eigenvalue weighted by atomic mass is 9.51. The van der Waals surface area contributed by atoms with Crippen LogP contribution in [0.3, 0.4) is 0 Å². The lowest BCUT2D eigenvalue weighted by Crippen LogP contribution is -2.66. The van der Waals surface area contributed by atoms with Crippen molar-refractivity contribution in [3.63, 3.8) is 0 Å². The molecule has 0 radical (unpaired) electrons. The standard InChI is InChI=1S/C23H31NO8/c1-24-7-6-23-11-3-4-13(26)21(23)32-20-14(5-2-10(16(20)23)8-12(11)24)30-22-19(29)18(28)17(27)15(9-25)31-22/h2,5,11-13,15,17-19,21-22,25-29H,3-4,6-9H2,1H3/t11-,12+,13-,15+,17+,18-,19+,21-,22+,23-/m0/s1. The maximum atomic E-state index is 10.9. The molecule has 10 atom stereocenters. The number of likely N-dealkylation sites (N-methyl/N-ethyl adjacent to an activating group) is 1. The first-order valence-corrected chi connectivity index (χ1v) is 11.5. The summed E-state index contributed by atoms with van der Waals surface area (Å²) in [6.45, 7) is 0.413. The highest BCUT2D eigenvalue weighted by atomic mass is 16.7. The number of rotatable bonds is 3. The predicted octanol–water partition coefficient (Wildman–Crippen LogP) is -1.10. The average molecular weight is 450 g/mol. The highest BCUT2D eigenvalue weighted by Gasteiger charge is 2.65.